The minimum atomic E-state index is -0.286. The van der Waals surface area contributed by atoms with Crippen LogP contribution >= 0.6 is 0 Å². The summed E-state index contributed by atoms with van der Waals surface area (Å²) in [5, 5.41) is 0. The monoisotopic (exact) mass is 360 g/mol. The van der Waals surface area contributed by atoms with E-state index in [2.05, 4.69) is 18.7 Å². The molecule has 2 heterocycles. The second kappa shape index (κ2) is 7.97. The summed E-state index contributed by atoms with van der Waals surface area (Å²) in [6.45, 7) is 8.53. The number of ether oxygens (including phenoxy) is 2. The average Bonchev–Trinajstić information content (AvgIpc) is 3.16. The zero-order valence-corrected chi connectivity index (χ0v) is 16.5. The second-order valence-electron chi connectivity index (χ2n) is 8.05. The number of hydrogen-bond donors (Lipinski definition) is 0. The topological polar surface area (TPSA) is 42.0 Å². The molecule has 144 valence electrons. The molecule has 5 nitrogen and oxygen atoms in total. The van der Waals surface area contributed by atoms with Gasteiger partial charge in [-0.25, -0.2) is 4.79 Å². The van der Waals surface area contributed by atoms with Crippen LogP contribution in [0.1, 0.15) is 45.1 Å². The Hall–Kier alpha value is -1.59. The average molecular weight is 360 g/mol. The second-order valence-corrected chi connectivity index (χ2v) is 8.05. The lowest BCUT2D eigenvalue weighted by atomic mass is 9.95. The number of aryl methyl sites for hydroxylation is 1. The number of carbonyl (C=O) groups excluding carboxylic acids is 1. The van der Waals surface area contributed by atoms with Gasteiger partial charge in [-0.05, 0) is 70.7 Å². The van der Waals surface area contributed by atoms with Crippen molar-refractivity contribution in [3.05, 3.63) is 29.8 Å². The summed E-state index contributed by atoms with van der Waals surface area (Å²) in [6.07, 6.45) is 4.57. The number of rotatable bonds is 6. The number of carbonyl (C=O) groups is 1. The Bertz CT molecular complexity index is 633. The van der Waals surface area contributed by atoms with E-state index in [0.717, 1.165) is 37.2 Å². The van der Waals surface area contributed by atoms with E-state index in [1.807, 2.05) is 31.2 Å². The molecule has 0 spiro atoms. The third kappa shape index (κ3) is 4.04. The Balaban J connectivity index is 1.55. The van der Waals surface area contributed by atoms with E-state index in [9.17, 15) is 4.79 Å². The number of anilines is 1. The first-order valence-corrected chi connectivity index (χ1v) is 9.77. The van der Waals surface area contributed by atoms with Crippen molar-refractivity contribution in [3.63, 3.8) is 0 Å². The van der Waals surface area contributed by atoms with Crippen molar-refractivity contribution in [1.82, 2.24) is 4.90 Å². The van der Waals surface area contributed by atoms with E-state index < -0.39 is 0 Å². The zero-order chi connectivity index (χ0) is 18.7. The first-order chi connectivity index (χ1) is 12.4. The molecule has 2 fully saturated rings. The SMILES string of the molecule is Cc1cccc(N(C)C(=O)OC[C@@H]2CC[C@]3(COC(C)C)CCCN23)c1. The summed E-state index contributed by atoms with van der Waals surface area (Å²) >= 11 is 0. The first-order valence-electron chi connectivity index (χ1n) is 9.77. The van der Waals surface area contributed by atoms with E-state index in [4.69, 9.17) is 9.47 Å². The van der Waals surface area contributed by atoms with Crippen LogP contribution in [-0.2, 0) is 9.47 Å². The van der Waals surface area contributed by atoms with Gasteiger partial charge in [0.05, 0.1) is 12.7 Å². The molecule has 0 aromatic heterocycles. The molecule has 1 aromatic carbocycles. The Labute approximate surface area is 157 Å². The molecule has 5 heteroatoms. The third-order valence-electron chi connectivity index (χ3n) is 5.78. The number of benzene rings is 1. The molecule has 1 aromatic rings. The molecule has 26 heavy (non-hydrogen) atoms. The molecule has 0 unspecified atom stereocenters. The van der Waals surface area contributed by atoms with Crippen molar-refractivity contribution in [3.8, 4) is 0 Å². The molecule has 2 saturated heterocycles. The van der Waals surface area contributed by atoms with Crippen LogP contribution in [0, 0.1) is 6.92 Å². The molecular formula is C21H32N2O3. The summed E-state index contributed by atoms with van der Waals surface area (Å²) in [7, 11) is 1.77. The fourth-order valence-electron chi connectivity index (χ4n) is 4.32. The van der Waals surface area contributed by atoms with Gasteiger partial charge in [-0.1, -0.05) is 12.1 Å². The van der Waals surface area contributed by atoms with Gasteiger partial charge in [0.15, 0.2) is 0 Å². The Morgan fingerprint density at radius 2 is 2.19 bits per heavy atom. The van der Waals surface area contributed by atoms with Crippen LogP contribution in [0.15, 0.2) is 24.3 Å². The van der Waals surface area contributed by atoms with E-state index in [1.165, 1.54) is 12.8 Å². The van der Waals surface area contributed by atoms with Crippen LogP contribution in [0.3, 0.4) is 0 Å². The molecular weight excluding hydrogens is 328 g/mol. The van der Waals surface area contributed by atoms with Crippen LogP contribution in [0.2, 0.25) is 0 Å². The molecule has 2 aliphatic heterocycles. The Morgan fingerprint density at radius 1 is 1.38 bits per heavy atom. The fourth-order valence-corrected chi connectivity index (χ4v) is 4.32. The van der Waals surface area contributed by atoms with Gasteiger partial charge >= 0.3 is 6.09 Å². The molecule has 2 aliphatic rings. The number of fused-ring (bicyclic) bond motifs is 1. The van der Waals surface area contributed by atoms with E-state index in [1.54, 1.807) is 11.9 Å². The summed E-state index contributed by atoms with van der Waals surface area (Å²) < 4.78 is 11.6. The zero-order valence-electron chi connectivity index (χ0n) is 16.5. The highest BCUT2D eigenvalue weighted by molar-refractivity contribution is 5.87. The normalized spacial score (nSPS) is 25.5. The summed E-state index contributed by atoms with van der Waals surface area (Å²) in [6, 6.07) is 8.21. The van der Waals surface area contributed by atoms with Gasteiger partial charge in [0, 0.05) is 24.3 Å². The van der Waals surface area contributed by atoms with Crippen molar-refractivity contribution >= 4 is 11.8 Å². The number of hydrogen-bond acceptors (Lipinski definition) is 4. The Kier molecular flexibility index (Phi) is 5.88. The minimum Gasteiger partial charge on any atom is -0.448 e. The summed E-state index contributed by atoms with van der Waals surface area (Å²) in [5.74, 6) is 0. The van der Waals surface area contributed by atoms with Gasteiger partial charge < -0.3 is 9.47 Å². The largest absolute Gasteiger partial charge is 0.448 e. The smallest absolute Gasteiger partial charge is 0.414 e. The van der Waals surface area contributed by atoms with Crippen LogP contribution < -0.4 is 4.90 Å². The lowest BCUT2D eigenvalue weighted by Gasteiger charge is -2.35. The highest BCUT2D eigenvalue weighted by atomic mass is 16.6. The van der Waals surface area contributed by atoms with Crippen LogP contribution in [0.5, 0.6) is 0 Å². The number of nitrogens with zero attached hydrogens (tertiary/aromatic N) is 2. The number of amides is 1. The van der Waals surface area contributed by atoms with Crippen LogP contribution in [-0.4, -0.2) is 55.5 Å². The third-order valence-corrected chi connectivity index (χ3v) is 5.78. The maximum absolute atomic E-state index is 12.5. The highest BCUT2D eigenvalue weighted by Gasteiger charge is 2.49. The van der Waals surface area contributed by atoms with E-state index >= 15 is 0 Å². The van der Waals surface area contributed by atoms with Crippen LogP contribution in [0.4, 0.5) is 10.5 Å². The predicted octanol–water partition coefficient (Wildman–Crippen LogP) is 3.99. The first kappa shape index (κ1) is 19.2. The fraction of sp³-hybridized carbons (Fsp3) is 0.667. The van der Waals surface area contributed by atoms with Gasteiger partial charge in [-0.2, -0.15) is 0 Å². The lowest BCUT2D eigenvalue weighted by molar-refractivity contribution is -0.0109. The molecule has 0 bridgehead atoms. The minimum absolute atomic E-state index is 0.157. The van der Waals surface area contributed by atoms with E-state index in [-0.39, 0.29) is 17.7 Å². The van der Waals surface area contributed by atoms with Gasteiger partial charge in [0.2, 0.25) is 0 Å². The maximum Gasteiger partial charge on any atom is 0.414 e. The summed E-state index contributed by atoms with van der Waals surface area (Å²) in [5.41, 5.74) is 2.15. The molecule has 3 rings (SSSR count). The van der Waals surface area contributed by atoms with Crippen molar-refractivity contribution in [1.29, 1.82) is 0 Å². The quantitative estimate of drug-likeness (QED) is 0.769. The standard InChI is InChI=1S/C21H32N2O3/c1-16(2)26-15-21-10-6-12-23(21)19(9-11-21)14-25-20(24)22(4)18-8-5-7-17(3)13-18/h5,7-8,13,16,19H,6,9-12,14-15H2,1-4H3/t19-,21-/m0/s1. The van der Waals surface area contributed by atoms with Crippen molar-refractivity contribution in [2.24, 2.45) is 0 Å². The maximum atomic E-state index is 12.5. The molecule has 1 amide bonds. The Morgan fingerprint density at radius 3 is 2.92 bits per heavy atom. The van der Waals surface area contributed by atoms with Crippen molar-refractivity contribution < 1.29 is 14.3 Å². The van der Waals surface area contributed by atoms with Gasteiger partial charge in [-0.3, -0.25) is 9.80 Å². The molecule has 2 atom stereocenters. The van der Waals surface area contributed by atoms with Crippen molar-refractivity contribution in [2.45, 2.75) is 64.1 Å². The van der Waals surface area contributed by atoms with E-state index in [0.29, 0.717) is 12.6 Å². The highest BCUT2D eigenvalue weighted by Crippen LogP contribution is 2.42. The summed E-state index contributed by atoms with van der Waals surface area (Å²) in [4.78, 5) is 16.6. The molecule has 0 radical (unpaired) electrons. The van der Waals surface area contributed by atoms with Gasteiger partial charge in [0.25, 0.3) is 0 Å². The lowest BCUT2D eigenvalue weighted by Crippen LogP contribution is -2.47. The van der Waals surface area contributed by atoms with Crippen LogP contribution in [0.25, 0.3) is 0 Å². The molecule has 0 saturated carbocycles. The molecule has 0 aliphatic carbocycles. The van der Waals surface area contributed by atoms with Gasteiger partial charge in [-0.15, -0.1) is 0 Å². The van der Waals surface area contributed by atoms with Crippen molar-refractivity contribution in [2.75, 3.05) is 31.7 Å². The molecule has 0 N–H and O–H groups in total. The van der Waals surface area contributed by atoms with Gasteiger partial charge in [0.1, 0.15) is 6.61 Å². The predicted molar refractivity (Wildman–Crippen MR) is 104 cm³/mol.